The fourth-order valence-corrected chi connectivity index (χ4v) is 2.05. The van der Waals surface area contributed by atoms with Gasteiger partial charge >= 0.3 is 0 Å². The average Bonchev–Trinajstić information content (AvgIpc) is 2.77. The Morgan fingerprint density at radius 3 is 2.69 bits per heavy atom. The van der Waals surface area contributed by atoms with Crippen molar-refractivity contribution in [2.75, 3.05) is 0 Å². The lowest BCUT2D eigenvalue weighted by Gasteiger charge is -2.13. The summed E-state index contributed by atoms with van der Waals surface area (Å²) in [4.78, 5) is 4.32. The van der Waals surface area contributed by atoms with Gasteiger partial charge in [-0.25, -0.2) is 4.98 Å². The number of benzene rings is 1. The van der Waals surface area contributed by atoms with Gasteiger partial charge < -0.3 is 10.3 Å². The molecule has 0 amide bonds. The minimum Gasteiger partial charge on any atom is -0.334 e. The number of hydrogen-bond acceptors (Lipinski definition) is 2. The van der Waals surface area contributed by atoms with E-state index in [4.69, 9.17) is 5.73 Å². The average molecular weight is 327 g/mol. The van der Waals surface area contributed by atoms with Gasteiger partial charge in [0.25, 0.3) is 0 Å². The number of rotatable bonds is 3. The first kappa shape index (κ1) is 11.6. The zero-order valence-corrected chi connectivity index (χ0v) is 11.3. The van der Waals surface area contributed by atoms with Gasteiger partial charge in [0.1, 0.15) is 5.82 Å². The zero-order valence-electron chi connectivity index (χ0n) is 9.10. The van der Waals surface area contributed by atoms with E-state index in [9.17, 15) is 0 Å². The van der Waals surface area contributed by atoms with E-state index in [1.54, 1.807) is 6.20 Å². The topological polar surface area (TPSA) is 43.8 Å². The summed E-state index contributed by atoms with van der Waals surface area (Å²) in [5, 5.41) is 0. The Morgan fingerprint density at radius 1 is 1.38 bits per heavy atom. The molecule has 4 heteroatoms. The van der Waals surface area contributed by atoms with Crippen LogP contribution in [0.5, 0.6) is 0 Å². The van der Waals surface area contributed by atoms with Crippen molar-refractivity contribution in [3.63, 3.8) is 0 Å². The van der Waals surface area contributed by atoms with Crippen molar-refractivity contribution >= 4 is 22.6 Å². The first-order chi connectivity index (χ1) is 7.72. The predicted octanol–water partition coefficient (Wildman–Crippen LogP) is 2.56. The molecule has 2 rings (SSSR count). The van der Waals surface area contributed by atoms with Gasteiger partial charge in [-0.15, -0.1) is 0 Å². The summed E-state index contributed by atoms with van der Waals surface area (Å²) in [7, 11) is 0. The predicted molar refractivity (Wildman–Crippen MR) is 73.1 cm³/mol. The molecule has 0 saturated carbocycles. The van der Waals surface area contributed by atoms with Gasteiger partial charge in [0.05, 0.1) is 6.04 Å². The third kappa shape index (κ3) is 2.27. The second-order valence-electron chi connectivity index (χ2n) is 3.60. The van der Waals surface area contributed by atoms with Crippen LogP contribution in [0.4, 0.5) is 0 Å². The lowest BCUT2D eigenvalue weighted by Crippen LogP contribution is -2.17. The van der Waals surface area contributed by atoms with Crippen molar-refractivity contribution in [1.82, 2.24) is 9.55 Å². The molecule has 16 heavy (non-hydrogen) atoms. The molecule has 0 aliphatic rings. The molecule has 0 saturated heterocycles. The highest BCUT2D eigenvalue weighted by atomic mass is 127. The van der Waals surface area contributed by atoms with Gasteiger partial charge in [0.15, 0.2) is 0 Å². The summed E-state index contributed by atoms with van der Waals surface area (Å²) in [6, 6.07) is 8.10. The van der Waals surface area contributed by atoms with Crippen LogP contribution in [-0.2, 0) is 6.54 Å². The third-order valence-corrected chi connectivity index (χ3v) is 3.31. The molecule has 1 aromatic heterocycles. The number of hydrogen-bond donors (Lipinski definition) is 1. The van der Waals surface area contributed by atoms with Gasteiger partial charge in [-0.1, -0.05) is 12.1 Å². The summed E-state index contributed by atoms with van der Waals surface area (Å²) < 4.78 is 3.29. The van der Waals surface area contributed by atoms with Crippen molar-refractivity contribution in [2.45, 2.75) is 19.5 Å². The van der Waals surface area contributed by atoms with E-state index < -0.39 is 0 Å². The standard InChI is InChI=1S/C12H14IN3/c1-2-16-8-7-15-12(16)11(14)9-3-5-10(13)6-4-9/h3-8,11H,2,14H2,1H3. The first-order valence-corrected chi connectivity index (χ1v) is 6.32. The number of nitrogens with zero attached hydrogens (tertiary/aromatic N) is 2. The van der Waals surface area contributed by atoms with Crippen LogP contribution in [0.15, 0.2) is 36.7 Å². The van der Waals surface area contributed by atoms with E-state index >= 15 is 0 Å². The van der Waals surface area contributed by atoms with Gasteiger partial charge in [-0.3, -0.25) is 0 Å². The quantitative estimate of drug-likeness (QED) is 0.881. The molecule has 0 spiro atoms. The zero-order chi connectivity index (χ0) is 11.5. The van der Waals surface area contributed by atoms with E-state index in [1.807, 2.05) is 6.20 Å². The van der Waals surface area contributed by atoms with Gasteiger partial charge in [-0.2, -0.15) is 0 Å². The Bertz CT molecular complexity index is 461. The number of aryl methyl sites for hydroxylation is 1. The van der Waals surface area contributed by atoms with Gasteiger partial charge in [-0.05, 0) is 47.2 Å². The highest BCUT2D eigenvalue weighted by Gasteiger charge is 2.13. The summed E-state index contributed by atoms with van der Waals surface area (Å²) in [5.41, 5.74) is 7.30. The third-order valence-electron chi connectivity index (χ3n) is 2.60. The highest BCUT2D eigenvalue weighted by Crippen LogP contribution is 2.19. The monoisotopic (exact) mass is 327 g/mol. The largest absolute Gasteiger partial charge is 0.334 e. The van der Waals surface area contributed by atoms with Crippen LogP contribution < -0.4 is 5.73 Å². The second kappa shape index (κ2) is 4.97. The first-order valence-electron chi connectivity index (χ1n) is 5.24. The number of nitrogens with two attached hydrogens (primary N) is 1. The minimum atomic E-state index is -0.146. The lowest BCUT2D eigenvalue weighted by molar-refractivity contribution is 0.656. The van der Waals surface area contributed by atoms with Crippen LogP contribution in [0, 0.1) is 3.57 Å². The Hall–Kier alpha value is -0.880. The Labute approximate surface area is 109 Å². The molecule has 1 heterocycles. The molecule has 0 radical (unpaired) electrons. The second-order valence-corrected chi connectivity index (χ2v) is 4.85. The molecule has 1 aromatic carbocycles. The van der Waals surface area contributed by atoms with Crippen molar-refractivity contribution in [3.8, 4) is 0 Å². The van der Waals surface area contributed by atoms with E-state index in [1.165, 1.54) is 3.57 Å². The molecule has 0 aliphatic carbocycles. The van der Waals surface area contributed by atoms with Crippen LogP contribution in [0.25, 0.3) is 0 Å². The minimum absolute atomic E-state index is 0.146. The smallest absolute Gasteiger partial charge is 0.130 e. The maximum Gasteiger partial charge on any atom is 0.130 e. The Kier molecular flexibility index (Phi) is 3.60. The highest BCUT2D eigenvalue weighted by molar-refractivity contribution is 14.1. The van der Waals surface area contributed by atoms with E-state index in [2.05, 4.69) is 63.3 Å². The SMILES string of the molecule is CCn1ccnc1C(N)c1ccc(I)cc1. The molecular formula is C12H14IN3. The van der Waals surface area contributed by atoms with E-state index in [0.717, 1.165) is 17.9 Å². The van der Waals surface area contributed by atoms with Crippen molar-refractivity contribution < 1.29 is 0 Å². The summed E-state index contributed by atoms with van der Waals surface area (Å²) in [5.74, 6) is 0.920. The fraction of sp³-hybridized carbons (Fsp3) is 0.250. The number of imidazole rings is 1. The molecule has 84 valence electrons. The van der Waals surface area contributed by atoms with Gasteiger partial charge in [0.2, 0.25) is 0 Å². The van der Waals surface area contributed by atoms with Crippen molar-refractivity contribution in [3.05, 3.63) is 51.6 Å². The van der Waals surface area contributed by atoms with Crippen LogP contribution in [0.1, 0.15) is 24.4 Å². The Balaban J connectivity index is 2.31. The van der Waals surface area contributed by atoms with Crippen LogP contribution in [0.3, 0.4) is 0 Å². The number of halogens is 1. The summed E-state index contributed by atoms with van der Waals surface area (Å²) in [6.07, 6.45) is 3.76. The van der Waals surface area contributed by atoms with Crippen LogP contribution in [-0.4, -0.2) is 9.55 Å². The Morgan fingerprint density at radius 2 is 2.06 bits per heavy atom. The fourth-order valence-electron chi connectivity index (χ4n) is 1.69. The number of aromatic nitrogens is 2. The molecule has 2 aromatic rings. The molecule has 0 bridgehead atoms. The van der Waals surface area contributed by atoms with E-state index in [-0.39, 0.29) is 6.04 Å². The summed E-state index contributed by atoms with van der Waals surface area (Å²) >= 11 is 2.29. The van der Waals surface area contributed by atoms with Crippen molar-refractivity contribution in [1.29, 1.82) is 0 Å². The van der Waals surface area contributed by atoms with Gasteiger partial charge in [0, 0.05) is 22.5 Å². The molecule has 0 aliphatic heterocycles. The molecular weight excluding hydrogens is 313 g/mol. The molecule has 1 atom stereocenters. The lowest BCUT2D eigenvalue weighted by atomic mass is 10.1. The van der Waals surface area contributed by atoms with Crippen LogP contribution in [0.2, 0.25) is 0 Å². The van der Waals surface area contributed by atoms with E-state index in [0.29, 0.717) is 0 Å². The molecule has 2 N–H and O–H groups in total. The molecule has 0 fully saturated rings. The molecule has 1 unspecified atom stereocenters. The normalized spacial score (nSPS) is 12.7. The maximum absolute atomic E-state index is 6.20. The summed E-state index contributed by atoms with van der Waals surface area (Å²) in [6.45, 7) is 2.99. The maximum atomic E-state index is 6.20. The van der Waals surface area contributed by atoms with Crippen molar-refractivity contribution in [2.24, 2.45) is 5.73 Å². The molecule has 3 nitrogen and oxygen atoms in total. The van der Waals surface area contributed by atoms with Crippen LogP contribution >= 0.6 is 22.6 Å².